The van der Waals surface area contributed by atoms with E-state index in [9.17, 15) is 13.2 Å². The highest BCUT2D eigenvalue weighted by molar-refractivity contribution is 5.62. The fourth-order valence-corrected chi connectivity index (χ4v) is 4.26. The number of rotatable bonds is 10. The van der Waals surface area contributed by atoms with Crippen LogP contribution in [0.5, 0.6) is 0 Å². The molecule has 5 N–H and O–H groups in total. The third-order valence-electron chi connectivity index (χ3n) is 6.27. The van der Waals surface area contributed by atoms with E-state index in [-0.39, 0.29) is 28.5 Å². The van der Waals surface area contributed by atoms with E-state index in [1.807, 2.05) is 46.8 Å². The van der Waals surface area contributed by atoms with E-state index in [4.69, 9.17) is 0 Å². The normalized spacial score (nSPS) is 15.2. The molecule has 4 rings (SSSR count). The average molecular weight is 522 g/mol. The van der Waals surface area contributed by atoms with Crippen LogP contribution in [0.4, 0.5) is 30.6 Å². The molecule has 3 heterocycles. The number of hydrogen-bond acceptors (Lipinski definition) is 6. The molecule has 0 amide bonds. The molecule has 0 atom stereocenters. The summed E-state index contributed by atoms with van der Waals surface area (Å²) in [6, 6.07) is 3.71. The molecule has 0 saturated heterocycles. The van der Waals surface area contributed by atoms with Crippen molar-refractivity contribution in [2.45, 2.75) is 103 Å². The van der Waals surface area contributed by atoms with Gasteiger partial charge in [-0.25, -0.2) is 4.68 Å². The van der Waals surface area contributed by atoms with Gasteiger partial charge in [-0.2, -0.15) is 28.5 Å². The summed E-state index contributed by atoms with van der Waals surface area (Å²) < 4.78 is 43.8. The summed E-state index contributed by atoms with van der Waals surface area (Å²) in [4.78, 5) is 0. The Morgan fingerprint density at radius 1 is 0.919 bits per heavy atom. The summed E-state index contributed by atoms with van der Waals surface area (Å²) in [5.41, 5.74) is -1.39. The number of nitrogens with one attached hydrogen (secondary N) is 5. The summed E-state index contributed by atoms with van der Waals surface area (Å²) in [6.07, 6.45) is 0.372. The molecule has 1 fully saturated rings. The van der Waals surface area contributed by atoms with Gasteiger partial charge in [0.1, 0.15) is 17.3 Å². The molecule has 1 aliphatic rings. The van der Waals surface area contributed by atoms with E-state index in [0.717, 1.165) is 30.8 Å². The van der Waals surface area contributed by atoms with Gasteiger partial charge in [0.15, 0.2) is 11.5 Å². The molecule has 204 valence electrons. The van der Waals surface area contributed by atoms with Crippen LogP contribution in [0.1, 0.15) is 91.5 Å². The zero-order valence-electron chi connectivity index (χ0n) is 22.6. The standard InChI is InChI=1S/C25H38F3N9/c1-22(2,3)30-18-14-16(15-8-9-15)37(36-18)19-20(25(26,27)28)34-35-21(19)32-24(6,7)12-11-23(4,5)31-17-10-13-29-33-17/h10,13-15H,8-9,11-12H2,1-7H3,(H,30,36)(H2,29,31,33)(H2,32,34,35). The predicted octanol–water partition coefficient (Wildman–Crippen LogP) is 6.29. The number of hydrogen-bond donors (Lipinski definition) is 5. The molecule has 12 heteroatoms. The lowest BCUT2D eigenvalue weighted by Gasteiger charge is -2.33. The Labute approximate surface area is 215 Å². The molecule has 0 spiro atoms. The molecule has 0 bridgehead atoms. The fraction of sp³-hybridized carbons (Fsp3) is 0.640. The summed E-state index contributed by atoms with van der Waals surface area (Å²) in [7, 11) is 0. The van der Waals surface area contributed by atoms with Crippen LogP contribution in [-0.4, -0.2) is 46.8 Å². The van der Waals surface area contributed by atoms with Crippen LogP contribution < -0.4 is 16.0 Å². The van der Waals surface area contributed by atoms with Crippen LogP contribution in [0.15, 0.2) is 18.3 Å². The Kier molecular flexibility index (Phi) is 6.74. The second-order valence-corrected chi connectivity index (χ2v) is 12.3. The summed E-state index contributed by atoms with van der Waals surface area (Å²) >= 11 is 0. The van der Waals surface area contributed by atoms with Crippen molar-refractivity contribution in [1.29, 1.82) is 0 Å². The molecule has 0 aromatic carbocycles. The van der Waals surface area contributed by atoms with E-state index >= 15 is 0 Å². The van der Waals surface area contributed by atoms with Gasteiger partial charge in [-0.05, 0) is 80.2 Å². The third kappa shape index (κ3) is 6.78. The highest BCUT2D eigenvalue weighted by Gasteiger charge is 2.41. The number of H-pyrrole nitrogens is 2. The minimum atomic E-state index is -4.62. The lowest BCUT2D eigenvalue weighted by atomic mass is 9.89. The van der Waals surface area contributed by atoms with Gasteiger partial charge >= 0.3 is 6.18 Å². The summed E-state index contributed by atoms with van der Waals surface area (Å²) in [5.74, 6) is 1.59. The maximum absolute atomic E-state index is 14.1. The quantitative estimate of drug-likeness (QED) is 0.215. The van der Waals surface area contributed by atoms with E-state index in [0.29, 0.717) is 12.2 Å². The maximum atomic E-state index is 14.1. The Morgan fingerprint density at radius 2 is 1.57 bits per heavy atom. The highest BCUT2D eigenvalue weighted by Crippen LogP contribution is 2.45. The molecule has 3 aromatic heterocycles. The van der Waals surface area contributed by atoms with Gasteiger partial charge < -0.3 is 16.0 Å². The third-order valence-corrected chi connectivity index (χ3v) is 6.27. The molecule has 3 aromatic rings. The average Bonchev–Trinajstić information content (AvgIpc) is 3.10. The van der Waals surface area contributed by atoms with E-state index in [1.54, 1.807) is 6.20 Å². The fourth-order valence-electron chi connectivity index (χ4n) is 4.26. The lowest BCUT2D eigenvalue weighted by molar-refractivity contribution is -0.141. The number of halogens is 3. The van der Waals surface area contributed by atoms with Crippen LogP contribution in [0.2, 0.25) is 0 Å². The van der Waals surface area contributed by atoms with Crippen molar-refractivity contribution in [1.82, 2.24) is 30.2 Å². The molecule has 1 saturated carbocycles. The first-order valence-corrected chi connectivity index (χ1v) is 12.6. The summed E-state index contributed by atoms with van der Waals surface area (Å²) in [6.45, 7) is 14.0. The van der Waals surface area contributed by atoms with Gasteiger partial charge in [0.2, 0.25) is 0 Å². The molecule has 37 heavy (non-hydrogen) atoms. The van der Waals surface area contributed by atoms with Crippen molar-refractivity contribution in [2.24, 2.45) is 0 Å². The first kappa shape index (κ1) is 26.9. The van der Waals surface area contributed by atoms with Crippen molar-refractivity contribution in [3.8, 4) is 5.69 Å². The minimum Gasteiger partial charge on any atom is -0.364 e. The van der Waals surface area contributed by atoms with Crippen LogP contribution >= 0.6 is 0 Å². The van der Waals surface area contributed by atoms with E-state index in [2.05, 4.69) is 55.3 Å². The van der Waals surface area contributed by atoms with Gasteiger partial charge in [-0.15, -0.1) is 0 Å². The second kappa shape index (κ2) is 9.29. The van der Waals surface area contributed by atoms with Gasteiger partial charge in [0.05, 0.1) is 0 Å². The number of nitrogens with zero attached hydrogens (tertiary/aromatic N) is 4. The number of aromatic amines is 2. The largest absolute Gasteiger partial charge is 0.435 e. The number of anilines is 3. The van der Waals surface area contributed by atoms with Crippen LogP contribution in [-0.2, 0) is 6.18 Å². The first-order valence-electron chi connectivity index (χ1n) is 12.6. The number of alkyl halides is 3. The molecule has 0 unspecified atom stereocenters. The minimum absolute atomic E-state index is 0.0988. The molecule has 0 aliphatic heterocycles. The predicted molar refractivity (Wildman–Crippen MR) is 139 cm³/mol. The molecule has 1 aliphatic carbocycles. The molecular formula is C25H38F3N9. The second-order valence-electron chi connectivity index (χ2n) is 12.3. The van der Waals surface area contributed by atoms with Crippen LogP contribution in [0.3, 0.4) is 0 Å². The SMILES string of the molecule is CC(C)(C)Nc1cc(C2CC2)n(-c2c(NC(C)(C)CCC(C)(C)Nc3cc[nH]n3)n[nH]c2C(F)(F)F)n1. The van der Waals surface area contributed by atoms with Crippen molar-refractivity contribution < 1.29 is 13.2 Å². The highest BCUT2D eigenvalue weighted by atomic mass is 19.4. The Morgan fingerprint density at radius 3 is 2.11 bits per heavy atom. The first-order chi connectivity index (χ1) is 17.0. The van der Waals surface area contributed by atoms with Gasteiger partial charge in [-0.1, -0.05) is 0 Å². The lowest BCUT2D eigenvalue weighted by Crippen LogP contribution is -2.38. The molecule has 0 radical (unpaired) electrons. The Bertz CT molecular complexity index is 1190. The Hall–Kier alpha value is -3.18. The Balaban J connectivity index is 1.63. The van der Waals surface area contributed by atoms with Crippen molar-refractivity contribution >= 4 is 17.5 Å². The topological polar surface area (TPSA) is 111 Å². The van der Waals surface area contributed by atoms with Gasteiger partial charge in [-0.3, -0.25) is 10.2 Å². The van der Waals surface area contributed by atoms with Crippen molar-refractivity contribution in [3.05, 3.63) is 29.7 Å². The van der Waals surface area contributed by atoms with E-state index < -0.39 is 17.4 Å². The molecule has 9 nitrogen and oxygen atoms in total. The van der Waals surface area contributed by atoms with Gasteiger partial charge in [0, 0.05) is 40.5 Å². The zero-order chi connectivity index (χ0) is 27.2. The zero-order valence-corrected chi connectivity index (χ0v) is 22.6. The van der Waals surface area contributed by atoms with E-state index in [1.165, 1.54) is 4.68 Å². The van der Waals surface area contributed by atoms with Crippen molar-refractivity contribution in [3.63, 3.8) is 0 Å². The monoisotopic (exact) mass is 521 g/mol. The number of aromatic nitrogens is 6. The van der Waals surface area contributed by atoms with Gasteiger partial charge in [0.25, 0.3) is 0 Å². The van der Waals surface area contributed by atoms with Crippen LogP contribution in [0, 0.1) is 0 Å². The summed E-state index contributed by atoms with van der Waals surface area (Å²) in [5, 5.41) is 27.8. The molecular weight excluding hydrogens is 483 g/mol. The van der Waals surface area contributed by atoms with Crippen LogP contribution in [0.25, 0.3) is 5.69 Å². The van der Waals surface area contributed by atoms with Crippen molar-refractivity contribution in [2.75, 3.05) is 16.0 Å². The smallest absolute Gasteiger partial charge is 0.364 e. The maximum Gasteiger partial charge on any atom is 0.435 e.